The third-order valence-corrected chi connectivity index (χ3v) is 4.97. The first-order valence-electron chi connectivity index (χ1n) is 9.65. The van der Waals surface area contributed by atoms with E-state index in [9.17, 15) is 9.59 Å². The van der Waals surface area contributed by atoms with E-state index in [0.29, 0.717) is 16.9 Å². The van der Waals surface area contributed by atoms with E-state index in [-0.39, 0.29) is 5.56 Å². The van der Waals surface area contributed by atoms with Gasteiger partial charge in [0.25, 0.3) is 11.5 Å². The van der Waals surface area contributed by atoms with Crippen LogP contribution in [0.25, 0.3) is 22.4 Å². The average Bonchev–Trinajstić information content (AvgIpc) is 2.78. The molecule has 0 aliphatic heterocycles. The van der Waals surface area contributed by atoms with E-state index in [2.05, 4.69) is 10.4 Å². The second-order valence-electron chi connectivity index (χ2n) is 7.03. The number of carbonyl (C=O) groups excluding carboxylic acids is 1. The third-order valence-electron chi connectivity index (χ3n) is 4.97. The molecule has 0 unspecified atom stereocenters. The minimum absolute atomic E-state index is 0.0702. The molecule has 0 fully saturated rings. The zero-order valence-electron chi connectivity index (χ0n) is 16.8. The third kappa shape index (κ3) is 3.65. The van der Waals surface area contributed by atoms with Crippen LogP contribution >= 0.6 is 0 Å². The molecule has 1 heterocycles. The number of carbonyl (C=O) groups is 1. The molecule has 0 spiro atoms. The van der Waals surface area contributed by atoms with Crippen LogP contribution < -0.4 is 10.9 Å². The van der Waals surface area contributed by atoms with E-state index in [1.54, 1.807) is 7.05 Å². The summed E-state index contributed by atoms with van der Waals surface area (Å²) in [6.45, 7) is 1.91. The SMILES string of the molecule is Cc1ccccc1NC(=O)c1c(-c2ccccc2)c(-c2ccccc2)nn(C)c1=O. The minimum Gasteiger partial charge on any atom is -0.322 e. The van der Waals surface area contributed by atoms with Gasteiger partial charge >= 0.3 is 0 Å². The maximum Gasteiger partial charge on any atom is 0.280 e. The van der Waals surface area contributed by atoms with Crippen molar-refractivity contribution in [3.63, 3.8) is 0 Å². The molecular formula is C25H21N3O2. The van der Waals surface area contributed by atoms with Crippen molar-refractivity contribution in [3.8, 4) is 22.4 Å². The number of benzene rings is 3. The molecule has 0 atom stereocenters. The Hall–Kier alpha value is -3.99. The molecule has 0 aliphatic carbocycles. The summed E-state index contributed by atoms with van der Waals surface area (Å²) in [7, 11) is 1.56. The fourth-order valence-corrected chi connectivity index (χ4v) is 3.43. The van der Waals surface area contributed by atoms with Crippen LogP contribution in [0.1, 0.15) is 15.9 Å². The van der Waals surface area contributed by atoms with E-state index in [1.165, 1.54) is 4.68 Å². The first-order valence-corrected chi connectivity index (χ1v) is 9.65. The number of hydrogen-bond donors (Lipinski definition) is 1. The van der Waals surface area contributed by atoms with Crippen molar-refractivity contribution in [1.82, 2.24) is 9.78 Å². The first-order chi connectivity index (χ1) is 14.6. The molecular weight excluding hydrogens is 374 g/mol. The fraction of sp³-hybridized carbons (Fsp3) is 0.0800. The average molecular weight is 395 g/mol. The van der Waals surface area contributed by atoms with Crippen LogP contribution in [0, 0.1) is 6.92 Å². The molecule has 148 valence electrons. The summed E-state index contributed by atoms with van der Waals surface area (Å²) in [5, 5.41) is 7.41. The summed E-state index contributed by atoms with van der Waals surface area (Å²) in [5.74, 6) is -0.455. The van der Waals surface area contributed by atoms with E-state index >= 15 is 0 Å². The van der Waals surface area contributed by atoms with Gasteiger partial charge < -0.3 is 5.32 Å². The number of rotatable bonds is 4. The Balaban J connectivity index is 1.97. The number of anilines is 1. The lowest BCUT2D eigenvalue weighted by molar-refractivity contribution is 0.102. The number of hydrogen-bond acceptors (Lipinski definition) is 3. The van der Waals surface area contributed by atoms with Crippen molar-refractivity contribution in [3.05, 3.63) is 106 Å². The smallest absolute Gasteiger partial charge is 0.280 e. The molecule has 1 N–H and O–H groups in total. The van der Waals surface area contributed by atoms with Crippen molar-refractivity contribution < 1.29 is 4.79 Å². The number of nitrogens with zero attached hydrogens (tertiary/aromatic N) is 2. The highest BCUT2D eigenvalue weighted by Gasteiger charge is 2.24. The summed E-state index contributed by atoms with van der Waals surface area (Å²) < 4.78 is 1.22. The van der Waals surface area contributed by atoms with Gasteiger partial charge in [0.2, 0.25) is 0 Å². The number of para-hydroxylation sites is 1. The van der Waals surface area contributed by atoms with Crippen LogP contribution in [-0.2, 0) is 7.05 Å². The molecule has 4 aromatic rings. The second-order valence-corrected chi connectivity index (χ2v) is 7.03. The molecule has 1 aromatic heterocycles. The minimum atomic E-state index is -0.455. The van der Waals surface area contributed by atoms with E-state index in [1.807, 2.05) is 91.9 Å². The Morgan fingerprint density at radius 2 is 1.40 bits per heavy atom. The largest absolute Gasteiger partial charge is 0.322 e. The summed E-state index contributed by atoms with van der Waals surface area (Å²) >= 11 is 0. The van der Waals surface area contributed by atoms with Gasteiger partial charge in [0, 0.05) is 23.9 Å². The van der Waals surface area contributed by atoms with Crippen molar-refractivity contribution in [2.24, 2.45) is 7.05 Å². The normalized spacial score (nSPS) is 10.6. The van der Waals surface area contributed by atoms with E-state index in [0.717, 1.165) is 16.7 Å². The molecule has 0 aliphatic rings. The van der Waals surface area contributed by atoms with Gasteiger partial charge in [-0.15, -0.1) is 0 Å². The monoisotopic (exact) mass is 395 g/mol. The van der Waals surface area contributed by atoms with E-state index < -0.39 is 11.5 Å². The van der Waals surface area contributed by atoms with Gasteiger partial charge in [0.05, 0.1) is 5.69 Å². The highest BCUT2D eigenvalue weighted by atomic mass is 16.2. The van der Waals surface area contributed by atoms with Gasteiger partial charge in [-0.05, 0) is 24.1 Å². The predicted octanol–water partition coefficient (Wildman–Crippen LogP) is 4.68. The van der Waals surface area contributed by atoms with Gasteiger partial charge in [-0.1, -0.05) is 78.9 Å². The Kier molecular flexibility index (Phi) is 5.26. The summed E-state index contributed by atoms with van der Waals surface area (Å²) in [6, 6.07) is 26.5. The molecule has 4 rings (SSSR count). The van der Waals surface area contributed by atoms with Crippen molar-refractivity contribution in [1.29, 1.82) is 0 Å². The molecule has 0 bridgehead atoms. The molecule has 5 nitrogen and oxygen atoms in total. The molecule has 1 amide bonds. The summed E-state index contributed by atoms with van der Waals surface area (Å²) in [6.07, 6.45) is 0. The second kappa shape index (κ2) is 8.17. The van der Waals surface area contributed by atoms with Gasteiger partial charge in [0.15, 0.2) is 0 Å². The van der Waals surface area contributed by atoms with Crippen molar-refractivity contribution in [2.75, 3.05) is 5.32 Å². The van der Waals surface area contributed by atoms with Crippen molar-refractivity contribution >= 4 is 11.6 Å². The zero-order chi connectivity index (χ0) is 21.1. The summed E-state index contributed by atoms with van der Waals surface area (Å²) in [5.41, 5.74) is 3.91. The zero-order valence-corrected chi connectivity index (χ0v) is 16.8. The molecule has 0 radical (unpaired) electrons. The van der Waals surface area contributed by atoms with Crippen LogP contribution in [0.3, 0.4) is 0 Å². The maximum absolute atomic E-state index is 13.4. The quantitative estimate of drug-likeness (QED) is 0.546. The lowest BCUT2D eigenvalue weighted by atomic mass is 9.95. The number of aryl methyl sites for hydroxylation is 2. The lowest BCUT2D eigenvalue weighted by Crippen LogP contribution is -2.31. The fourth-order valence-electron chi connectivity index (χ4n) is 3.43. The molecule has 30 heavy (non-hydrogen) atoms. The molecule has 3 aromatic carbocycles. The van der Waals surface area contributed by atoms with Crippen LogP contribution in [0.15, 0.2) is 89.7 Å². The Labute approximate surface area is 174 Å². The van der Waals surface area contributed by atoms with Gasteiger partial charge in [-0.3, -0.25) is 9.59 Å². The molecule has 0 saturated carbocycles. The van der Waals surface area contributed by atoms with Gasteiger partial charge in [0.1, 0.15) is 5.56 Å². The first kappa shape index (κ1) is 19.3. The standard InChI is InChI=1S/C25H21N3O2/c1-17-11-9-10-16-20(17)26-24(29)22-21(18-12-5-3-6-13-18)23(27-28(2)25(22)30)19-14-7-4-8-15-19/h3-16H,1-2H3,(H,26,29). The molecule has 5 heteroatoms. The Bertz CT molecular complexity index is 1260. The van der Waals surface area contributed by atoms with Crippen LogP contribution in [0.4, 0.5) is 5.69 Å². The summed E-state index contributed by atoms with van der Waals surface area (Å²) in [4.78, 5) is 26.5. The highest BCUT2D eigenvalue weighted by molar-refractivity contribution is 6.10. The van der Waals surface area contributed by atoms with Crippen LogP contribution in [0.2, 0.25) is 0 Å². The number of aromatic nitrogens is 2. The van der Waals surface area contributed by atoms with Crippen LogP contribution in [-0.4, -0.2) is 15.7 Å². The number of nitrogens with one attached hydrogen (secondary N) is 1. The van der Waals surface area contributed by atoms with Gasteiger partial charge in [-0.2, -0.15) is 5.10 Å². The number of amides is 1. The van der Waals surface area contributed by atoms with E-state index in [4.69, 9.17) is 0 Å². The molecule has 0 saturated heterocycles. The maximum atomic E-state index is 13.4. The lowest BCUT2D eigenvalue weighted by Gasteiger charge is -2.16. The van der Waals surface area contributed by atoms with Gasteiger partial charge in [-0.25, -0.2) is 4.68 Å². The topological polar surface area (TPSA) is 64.0 Å². The highest BCUT2D eigenvalue weighted by Crippen LogP contribution is 2.32. The Morgan fingerprint density at radius 1 is 0.833 bits per heavy atom. The van der Waals surface area contributed by atoms with Crippen LogP contribution in [0.5, 0.6) is 0 Å². The van der Waals surface area contributed by atoms with Crippen molar-refractivity contribution in [2.45, 2.75) is 6.92 Å². The predicted molar refractivity (Wildman–Crippen MR) is 119 cm³/mol. The Morgan fingerprint density at radius 3 is 2.03 bits per heavy atom.